The van der Waals surface area contributed by atoms with Crippen LogP contribution in [-0.2, 0) is 9.53 Å². The fourth-order valence-electron chi connectivity index (χ4n) is 1.06. The van der Waals surface area contributed by atoms with E-state index in [2.05, 4.69) is 17.9 Å². The highest BCUT2D eigenvalue weighted by atomic mass is 16.5. The highest BCUT2D eigenvalue weighted by molar-refractivity contribution is 5.69. The van der Waals surface area contributed by atoms with E-state index in [-0.39, 0.29) is 5.97 Å². The van der Waals surface area contributed by atoms with E-state index >= 15 is 0 Å². The van der Waals surface area contributed by atoms with E-state index in [1.54, 1.807) is 0 Å². The second kappa shape index (κ2) is 9.04. The Balaban J connectivity index is 3.10. The quantitative estimate of drug-likeness (QED) is 0.249. The molecule has 2 nitrogen and oxygen atoms in total. The molecule has 0 fully saturated rings. The van der Waals surface area contributed by atoms with E-state index in [0.29, 0.717) is 6.42 Å². The summed E-state index contributed by atoms with van der Waals surface area (Å²) in [5.74, 6) is -0.182. The Morgan fingerprint density at radius 2 is 1.85 bits per heavy atom. The summed E-state index contributed by atoms with van der Waals surface area (Å²) in [4.78, 5) is 10.8. The predicted molar refractivity (Wildman–Crippen MR) is 54.2 cm³/mol. The molecule has 0 aromatic rings. The van der Waals surface area contributed by atoms with Gasteiger partial charge in [-0.05, 0) is 19.3 Å². The molecule has 0 amide bonds. The Morgan fingerprint density at radius 3 is 2.46 bits per heavy atom. The summed E-state index contributed by atoms with van der Waals surface area (Å²) in [6, 6.07) is 0. The first-order chi connectivity index (χ1) is 6.31. The smallest absolute Gasteiger partial charge is 0.310 e. The Labute approximate surface area is 80.3 Å². The molecule has 2 heteroatoms. The molecule has 0 rings (SSSR count). The van der Waals surface area contributed by atoms with Gasteiger partial charge in [0.2, 0.25) is 0 Å². The zero-order valence-corrected chi connectivity index (χ0v) is 8.13. The minimum atomic E-state index is -0.182. The molecule has 0 atom stereocenters. The molecule has 0 radical (unpaired) electrons. The molecule has 0 aliphatic rings. The summed E-state index contributed by atoms with van der Waals surface area (Å²) >= 11 is 0. The second-order valence-electron chi connectivity index (χ2n) is 2.90. The number of allylic oxidation sites excluding steroid dienone is 1. The molecule has 0 aliphatic heterocycles. The van der Waals surface area contributed by atoms with Crippen molar-refractivity contribution in [2.75, 3.05) is 0 Å². The molecule has 0 unspecified atom stereocenters. The van der Waals surface area contributed by atoms with Gasteiger partial charge in [0.1, 0.15) is 0 Å². The van der Waals surface area contributed by atoms with Crippen LogP contribution in [0.4, 0.5) is 0 Å². The van der Waals surface area contributed by atoms with E-state index in [4.69, 9.17) is 0 Å². The fourth-order valence-corrected chi connectivity index (χ4v) is 1.06. The van der Waals surface area contributed by atoms with Gasteiger partial charge in [-0.25, -0.2) is 0 Å². The lowest BCUT2D eigenvalue weighted by Gasteiger charge is -1.99. The first-order valence-electron chi connectivity index (χ1n) is 4.72. The zero-order valence-electron chi connectivity index (χ0n) is 8.13. The van der Waals surface area contributed by atoms with Crippen LogP contribution in [0.25, 0.3) is 0 Å². The van der Waals surface area contributed by atoms with Gasteiger partial charge in [0, 0.05) is 6.42 Å². The van der Waals surface area contributed by atoms with Gasteiger partial charge in [0.05, 0.1) is 6.26 Å². The summed E-state index contributed by atoms with van der Waals surface area (Å²) in [6.07, 6.45) is 8.99. The van der Waals surface area contributed by atoms with Gasteiger partial charge in [0.15, 0.2) is 0 Å². The topological polar surface area (TPSA) is 26.3 Å². The van der Waals surface area contributed by atoms with E-state index in [1.165, 1.54) is 12.7 Å². The average molecular weight is 182 g/mol. The highest BCUT2D eigenvalue weighted by Crippen LogP contribution is 2.06. The van der Waals surface area contributed by atoms with Crippen LogP contribution in [0.15, 0.2) is 25.5 Å². The van der Waals surface area contributed by atoms with Crippen molar-refractivity contribution in [3.63, 3.8) is 0 Å². The first kappa shape index (κ1) is 11.9. The Kier molecular flexibility index (Phi) is 8.31. The third-order valence-electron chi connectivity index (χ3n) is 1.75. The molecule has 0 bridgehead atoms. The number of carbonyl (C=O) groups excluding carboxylic acids is 1. The maximum absolute atomic E-state index is 10.8. The van der Waals surface area contributed by atoms with E-state index < -0.39 is 0 Å². The molecule has 0 heterocycles. The van der Waals surface area contributed by atoms with Gasteiger partial charge in [-0.1, -0.05) is 25.5 Å². The minimum Gasteiger partial charge on any atom is -0.435 e. The molecular formula is C11H18O2. The second-order valence-corrected chi connectivity index (χ2v) is 2.90. The molecule has 0 saturated heterocycles. The van der Waals surface area contributed by atoms with Crippen molar-refractivity contribution in [2.24, 2.45) is 0 Å². The lowest BCUT2D eigenvalue weighted by Crippen LogP contribution is -1.98. The van der Waals surface area contributed by atoms with Gasteiger partial charge in [-0.2, -0.15) is 0 Å². The van der Waals surface area contributed by atoms with Crippen molar-refractivity contribution in [3.05, 3.63) is 25.5 Å². The first-order valence-corrected chi connectivity index (χ1v) is 4.72. The van der Waals surface area contributed by atoms with Gasteiger partial charge in [-0.3, -0.25) is 4.79 Å². The zero-order chi connectivity index (χ0) is 9.94. The third kappa shape index (κ3) is 8.86. The monoisotopic (exact) mass is 182 g/mol. The maximum Gasteiger partial charge on any atom is 0.310 e. The predicted octanol–water partition coefficient (Wildman–Crippen LogP) is 3.20. The Bertz CT molecular complexity index is 161. The fraction of sp³-hybridized carbons (Fsp3) is 0.545. The largest absolute Gasteiger partial charge is 0.435 e. The molecule has 0 aromatic heterocycles. The Morgan fingerprint density at radius 1 is 1.15 bits per heavy atom. The molecule has 13 heavy (non-hydrogen) atoms. The van der Waals surface area contributed by atoms with E-state index in [0.717, 1.165) is 25.7 Å². The van der Waals surface area contributed by atoms with Crippen molar-refractivity contribution in [3.8, 4) is 0 Å². The minimum absolute atomic E-state index is 0.182. The lowest BCUT2D eigenvalue weighted by atomic mass is 10.1. The van der Waals surface area contributed by atoms with Crippen molar-refractivity contribution < 1.29 is 9.53 Å². The molecule has 0 spiro atoms. The molecular weight excluding hydrogens is 164 g/mol. The third-order valence-corrected chi connectivity index (χ3v) is 1.75. The summed E-state index contributed by atoms with van der Waals surface area (Å²) in [6.45, 7) is 6.96. The highest BCUT2D eigenvalue weighted by Gasteiger charge is 1.99. The molecule has 0 aliphatic carbocycles. The van der Waals surface area contributed by atoms with Crippen molar-refractivity contribution in [2.45, 2.75) is 38.5 Å². The average Bonchev–Trinajstić information content (AvgIpc) is 2.11. The van der Waals surface area contributed by atoms with Crippen LogP contribution in [-0.4, -0.2) is 5.97 Å². The number of esters is 1. The standard InChI is InChI=1S/C11H18O2/c1-3-5-6-7-8-9-10-11(12)13-4-2/h3-4H,1-2,5-10H2. The number of carbonyl (C=O) groups is 1. The summed E-state index contributed by atoms with van der Waals surface area (Å²) in [5.41, 5.74) is 0. The molecule has 74 valence electrons. The van der Waals surface area contributed by atoms with E-state index in [9.17, 15) is 4.79 Å². The van der Waals surface area contributed by atoms with Crippen LogP contribution in [0.2, 0.25) is 0 Å². The van der Waals surface area contributed by atoms with Crippen LogP contribution in [0, 0.1) is 0 Å². The SMILES string of the molecule is C=CCCCCCCC(=O)OC=C. The van der Waals surface area contributed by atoms with Crippen LogP contribution >= 0.6 is 0 Å². The number of hydrogen-bond donors (Lipinski definition) is 0. The molecule has 0 aromatic carbocycles. The normalized spacial score (nSPS) is 9.23. The lowest BCUT2D eigenvalue weighted by molar-refractivity contribution is -0.138. The molecule has 0 saturated carbocycles. The maximum atomic E-state index is 10.8. The van der Waals surface area contributed by atoms with E-state index in [1.807, 2.05) is 6.08 Å². The van der Waals surface area contributed by atoms with Crippen molar-refractivity contribution in [1.82, 2.24) is 0 Å². The number of rotatable bonds is 8. The summed E-state index contributed by atoms with van der Waals surface area (Å²) in [7, 11) is 0. The van der Waals surface area contributed by atoms with Crippen LogP contribution in [0.3, 0.4) is 0 Å². The van der Waals surface area contributed by atoms with Crippen molar-refractivity contribution >= 4 is 5.97 Å². The van der Waals surface area contributed by atoms with Gasteiger partial charge in [0.25, 0.3) is 0 Å². The number of ether oxygens (including phenoxy) is 1. The van der Waals surface area contributed by atoms with Crippen LogP contribution in [0.5, 0.6) is 0 Å². The number of hydrogen-bond acceptors (Lipinski definition) is 2. The number of unbranched alkanes of at least 4 members (excludes halogenated alkanes) is 4. The van der Waals surface area contributed by atoms with Crippen LogP contribution < -0.4 is 0 Å². The van der Waals surface area contributed by atoms with Gasteiger partial charge in [-0.15, -0.1) is 6.58 Å². The van der Waals surface area contributed by atoms with Gasteiger partial charge >= 0.3 is 5.97 Å². The summed E-state index contributed by atoms with van der Waals surface area (Å²) in [5, 5.41) is 0. The Hall–Kier alpha value is -1.05. The van der Waals surface area contributed by atoms with Gasteiger partial charge < -0.3 is 4.74 Å². The summed E-state index contributed by atoms with van der Waals surface area (Å²) < 4.78 is 4.58. The van der Waals surface area contributed by atoms with Crippen molar-refractivity contribution in [1.29, 1.82) is 0 Å². The molecule has 0 N–H and O–H groups in total. The van der Waals surface area contributed by atoms with Crippen LogP contribution in [0.1, 0.15) is 38.5 Å².